The zero-order valence-corrected chi connectivity index (χ0v) is 11.7. The monoisotopic (exact) mass is 287 g/mol. The minimum absolute atomic E-state index is 0.0162. The normalized spacial score (nSPS) is 12.5. The molecule has 1 N–H and O–H groups in total. The summed E-state index contributed by atoms with van der Waals surface area (Å²) < 4.78 is 4.81. The fraction of sp³-hybridized carbons (Fsp3) is 0.312. The number of fused-ring (bicyclic) bond motifs is 1. The van der Waals surface area contributed by atoms with Crippen LogP contribution in [0.2, 0.25) is 0 Å². The predicted molar refractivity (Wildman–Crippen MR) is 77.9 cm³/mol. The van der Waals surface area contributed by atoms with Crippen molar-refractivity contribution in [1.82, 2.24) is 0 Å². The Morgan fingerprint density at radius 2 is 2.19 bits per heavy atom. The molecule has 0 atom stereocenters. The van der Waals surface area contributed by atoms with Crippen LogP contribution in [0.5, 0.6) is 0 Å². The summed E-state index contributed by atoms with van der Waals surface area (Å²) in [5, 5.41) is 2.76. The van der Waals surface area contributed by atoms with Crippen LogP contribution in [0, 0.1) is 0 Å². The number of hydrogen-bond donors (Lipinski definition) is 1. The van der Waals surface area contributed by atoms with Crippen molar-refractivity contribution < 1.29 is 19.1 Å². The van der Waals surface area contributed by atoms with Gasteiger partial charge in [0.25, 0.3) is 0 Å². The van der Waals surface area contributed by atoms with Crippen LogP contribution in [0.25, 0.3) is 0 Å². The first kappa shape index (κ1) is 15.0. The van der Waals surface area contributed by atoms with E-state index in [-0.39, 0.29) is 18.3 Å². The van der Waals surface area contributed by atoms with Crippen molar-refractivity contribution in [2.45, 2.75) is 25.7 Å². The van der Waals surface area contributed by atoms with E-state index < -0.39 is 5.97 Å². The molecule has 0 bridgehead atoms. The molecule has 0 radical (unpaired) electrons. The van der Waals surface area contributed by atoms with Gasteiger partial charge in [-0.1, -0.05) is 18.7 Å². The number of nitrogens with one attached hydrogen (secondary N) is 1. The number of Topliss-reactive ketones (excluding diaryl/α,β-unsaturated/α-hetero) is 1. The van der Waals surface area contributed by atoms with Crippen LogP contribution < -0.4 is 5.32 Å². The first-order chi connectivity index (χ1) is 10.1. The quantitative estimate of drug-likeness (QED) is 0.471. The third kappa shape index (κ3) is 4.27. The fourth-order valence-electron chi connectivity index (χ4n) is 2.21. The summed E-state index contributed by atoms with van der Waals surface area (Å²) in [4.78, 5) is 33.9. The van der Waals surface area contributed by atoms with Crippen molar-refractivity contribution in [3.63, 3.8) is 0 Å². The number of rotatable bonds is 7. The Bertz CT molecular complexity index is 592. The van der Waals surface area contributed by atoms with Crippen LogP contribution in [-0.2, 0) is 32.0 Å². The molecule has 1 aromatic carbocycles. The van der Waals surface area contributed by atoms with Gasteiger partial charge in [-0.15, -0.1) is 0 Å². The number of carbonyl (C=O) groups is 3. The highest BCUT2D eigenvalue weighted by Crippen LogP contribution is 2.24. The summed E-state index contributed by atoms with van der Waals surface area (Å²) in [6.07, 6.45) is 2.66. The third-order valence-electron chi connectivity index (χ3n) is 3.21. The van der Waals surface area contributed by atoms with Crippen molar-refractivity contribution in [3.05, 3.63) is 42.0 Å². The van der Waals surface area contributed by atoms with Crippen LogP contribution in [0.15, 0.2) is 30.9 Å². The van der Waals surface area contributed by atoms with Crippen LogP contribution in [0.4, 0.5) is 5.69 Å². The second kappa shape index (κ2) is 6.83. The van der Waals surface area contributed by atoms with E-state index in [1.54, 1.807) is 0 Å². The molecule has 0 aromatic heterocycles. The molecule has 0 spiro atoms. The van der Waals surface area contributed by atoms with E-state index in [0.717, 1.165) is 22.9 Å². The number of amides is 1. The van der Waals surface area contributed by atoms with Crippen molar-refractivity contribution in [3.8, 4) is 0 Å². The Morgan fingerprint density at radius 1 is 1.38 bits per heavy atom. The lowest BCUT2D eigenvalue weighted by molar-refractivity contribution is -0.138. The molecule has 0 unspecified atom stereocenters. The largest absolute Gasteiger partial charge is 0.463 e. The lowest BCUT2D eigenvalue weighted by Gasteiger charge is -2.04. The van der Waals surface area contributed by atoms with E-state index in [9.17, 15) is 14.4 Å². The highest BCUT2D eigenvalue weighted by atomic mass is 16.5. The molecule has 1 amide bonds. The van der Waals surface area contributed by atoms with Gasteiger partial charge < -0.3 is 10.1 Å². The van der Waals surface area contributed by atoms with Crippen LogP contribution >= 0.6 is 0 Å². The number of esters is 1. The van der Waals surface area contributed by atoms with E-state index >= 15 is 0 Å². The van der Waals surface area contributed by atoms with Gasteiger partial charge in [-0.2, -0.15) is 0 Å². The average molecular weight is 287 g/mol. The topological polar surface area (TPSA) is 72.5 Å². The molecule has 0 saturated heterocycles. The lowest BCUT2D eigenvalue weighted by Crippen LogP contribution is -2.07. The second-order valence-electron chi connectivity index (χ2n) is 4.91. The standard InChI is InChI=1S/C16H17NO4/c1-2-16(20)21-7-3-4-13(18)9-11-5-6-14-12(8-11)10-15(19)17-14/h2,5-6,8H,1,3-4,7,9-10H2,(H,17,19). The SMILES string of the molecule is C=CC(=O)OCCCC(=O)Cc1ccc2c(c1)CC(=O)N2. The highest BCUT2D eigenvalue weighted by molar-refractivity contribution is 5.99. The molecule has 1 heterocycles. The van der Waals surface area contributed by atoms with Crippen molar-refractivity contribution in [1.29, 1.82) is 0 Å². The van der Waals surface area contributed by atoms with Crippen molar-refractivity contribution >= 4 is 23.3 Å². The molecule has 1 aromatic rings. The summed E-state index contributed by atoms with van der Waals surface area (Å²) in [5.41, 5.74) is 2.66. The van der Waals surface area contributed by atoms with Crippen LogP contribution in [0.1, 0.15) is 24.0 Å². The molecule has 2 rings (SSSR count). The Labute approximate surface area is 123 Å². The smallest absolute Gasteiger partial charge is 0.330 e. The molecule has 0 fully saturated rings. The molecular weight excluding hydrogens is 270 g/mol. The molecule has 21 heavy (non-hydrogen) atoms. The minimum atomic E-state index is -0.474. The molecule has 0 aliphatic carbocycles. The summed E-state index contributed by atoms with van der Waals surface area (Å²) in [6.45, 7) is 3.51. The zero-order valence-electron chi connectivity index (χ0n) is 11.7. The van der Waals surface area contributed by atoms with E-state index in [2.05, 4.69) is 11.9 Å². The van der Waals surface area contributed by atoms with Gasteiger partial charge >= 0.3 is 5.97 Å². The molecule has 110 valence electrons. The Hall–Kier alpha value is -2.43. The molecule has 5 nitrogen and oxygen atoms in total. The maximum atomic E-state index is 11.8. The number of ketones is 1. The molecule has 1 aliphatic heterocycles. The van der Waals surface area contributed by atoms with Crippen molar-refractivity contribution in [2.24, 2.45) is 0 Å². The molecular formula is C16H17NO4. The summed E-state index contributed by atoms with van der Waals surface area (Å²) in [7, 11) is 0. The van der Waals surface area contributed by atoms with E-state index in [4.69, 9.17) is 4.74 Å². The fourth-order valence-corrected chi connectivity index (χ4v) is 2.21. The number of hydrogen-bond acceptors (Lipinski definition) is 4. The van der Waals surface area contributed by atoms with Gasteiger partial charge in [-0.3, -0.25) is 9.59 Å². The zero-order chi connectivity index (χ0) is 15.2. The second-order valence-corrected chi connectivity index (χ2v) is 4.91. The first-order valence-electron chi connectivity index (χ1n) is 6.81. The van der Waals surface area contributed by atoms with Gasteiger partial charge in [0.2, 0.25) is 5.91 Å². The van der Waals surface area contributed by atoms with Crippen LogP contribution in [0.3, 0.4) is 0 Å². The Kier molecular flexibility index (Phi) is 4.87. The molecule has 1 aliphatic rings. The minimum Gasteiger partial charge on any atom is -0.463 e. The third-order valence-corrected chi connectivity index (χ3v) is 3.21. The van der Waals surface area contributed by atoms with Gasteiger partial charge in [-0.05, 0) is 23.6 Å². The van der Waals surface area contributed by atoms with E-state index in [0.29, 0.717) is 25.7 Å². The average Bonchev–Trinajstić information content (AvgIpc) is 2.82. The van der Waals surface area contributed by atoms with Gasteiger partial charge in [-0.25, -0.2) is 4.79 Å². The highest BCUT2D eigenvalue weighted by Gasteiger charge is 2.17. The number of anilines is 1. The number of carbonyl (C=O) groups excluding carboxylic acids is 3. The lowest BCUT2D eigenvalue weighted by atomic mass is 10.0. The van der Waals surface area contributed by atoms with E-state index in [1.165, 1.54) is 0 Å². The Balaban J connectivity index is 1.78. The summed E-state index contributed by atoms with van der Waals surface area (Å²) in [5.74, 6) is -0.405. The molecule has 0 saturated carbocycles. The predicted octanol–water partition coefficient (Wildman–Crippen LogP) is 1.80. The Morgan fingerprint density at radius 3 is 2.95 bits per heavy atom. The molecule has 5 heteroatoms. The van der Waals surface area contributed by atoms with Crippen molar-refractivity contribution in [2.75, 3.05) is 11.9 Å². The maximum Gasteiger partial charge on any atom is 0.330 e. The summed E-state index contributed by atoms with van der Waals surface area (Å²) in [6, 6.07) is 5.57. The van der Waals surface area contributed by atoms with E-state index in [1.807, 2.05) is 18.2 Å². The van der Waals surface area contributed by atoms with Gasteiger partial charge in [0.05, 0.1) is 13.0 Å². The van der Waals surface area contributed by atoms with Gasteiger partial charge in [0, 0.05) is 24.6 Å². The maximum absolute atomic E-state index is 11.8. The van der Waals surface area contributed by atoms with Gasteiger partial charge in [0.1, 0.15) is 5.78 Å². The van der Waals surface area contributed by atoms with Crippen LogP contribution in [-0.4, -0.2) is 24.3 Å². The number of benzene rings is 1. The first-order valence-corrected chi connectivity index (χ1v) is 6.81. The summed E-state index contributed by atoms with van der Waals surface area (Å²) >= 11 is 0. The number of ether oxygens (including phenoxy) is 1. The van der Waals surface area contributed by atoms with Gasteiger partial charge in [0.15, 0.2) is 0 Å².